The summed E-state index contributed by atoms with van der Waals surface area (Å²) in [5.41, 5.74) is 0.848. The SMILES string of the molecule is C#CC#CC#CC#CC#CC#CC#CC#CC#COOCCNC(=O)C(C)(C)NN(C)C(C)(C)C(=O)NCCOOC#CC#CC#CC#CC#CC#CC#CC#CC#C. The van der Waals surface area contributed by atoms with Gasteiger partial charge in [0, 0.05) is 115 Å². The molecule has 10 nitrogen and oxygen atoms in total. The Bertz CT molecular complexity index is 2730. The van der Waals surface area contributed by atoms with E-state index in [1.807, 2.05) is 0 Å². The van der Waals surface area contributed by atoms with Crippen molar-refractivity contribution >= 4 is 11.8 Å². The number of likely N-dealkylation sites (N-methyl/N-ethyl adjacent to an activating group) is 1. The van der Waals surface area contributed by atoms with E-state index in [9.17, 15) is 9.59 Å². The lowest BCUT2D eigenvalue weighted by molar-refractivity contribution is -0.234. The summed E-state index contributed by atoms with van der Waals surface area (Å²) in [6.07, 6.45) is 14.3. The van der Waals surface area contributed by atoms with Gasteiger partial charge in [-0.1, -0.05) is 0 Å². The Morgan fingerprint density at radius 1 is 0.458 bits per heavy atom. The number of terminal acetylenes is 2. The smallest absolute Gasteiger partial charge is 0.241 e. The summed E-state index contributed by atoms with van der Waals surface area (Å²) in [4.78, 5) is 44.9. The zero-order chi connectivity index (χ0) is 43.6. The highest BCUT2D eigenvalue weighted by Crippen LogP contribution is 2.14. The molecule has 2 amide bonds. The molecule has 0 aromatic carbocycles. The molecule has 59 heavy (non-hydrogen) atoms. The van der Waals surface area contributed by atoms with Gasteiger partial charge in [-0.25, -0.2) is 10.4 Å². The van der Waals surface area contributed by atoms with Crippen molar-refractivity contribution in [2.45, 2.75) is 38.8 Å². The standard InChI is InChI=1S/C49H28N4O6/c1-8-10-12-14-16-18-20-22-24-26-28-30-32-34-36-38-42-56-58-44-40-50-46(54)48(3,4)52-53(7)49(5,6)47(55)51-41-45-59-57-43-39-37-35-33-31-29-27-25-23-21-19-17-15-13-11-9-2/h1-2,52H,40-41,44-45H2,3-7H3,(H,50,54)(H,51,55). The normalized spacial score (nSPS) is 7.32. The first-order valence-electron chi connectivity index (χ1n) is 16.2. The molecule has 0 rings (SSSR count). The Morgan fingerprint density at radius 3 is 1.03 bits per heavy atom. The number of amides is 2. The number of carbonyl (C=O) groups excluding carboxylic acids is 2. The van der Waals surface area contributed by atoms with Crippen LogP contribution in [0.3, 0.4) is 0 Å². The minimum absolute atomic E-state index is 0.00392. The number of hydrazine groups is 1. The van der Waals surface area contributed by atoms with Crippen LogP contribution in [0.2, 0.25) is 0 Å². The second kappa shape index (κ2) is 34.2. The van der Waals surface area contributed by atoms with Crippen molar-refractivity contribution in [2.24, 2.45) is 0 Å². The fraction of sp³-hybridized carbons (Fsp3) is 0.224. The highest BCUT2D eigenvalue weighted by molar-refractivity contribution is 5.86. The molecule has 10 heteroatoms. The van der Waals surface area contributed by atoms with Crippen LogP contribution in [0.15, 0.2) is 0 Å². The molecule has 0 saturated carbocycles. The Morgan fingerprint density at radius 2 is 0.729 bits per heavy atom. The zero-order valence-electron chi connectivity index (χ0n) is 32.4. The third kappa shape index (κ3) is 29.6. The van der Waals surface area contributed by atoms with Crippen molar-refractivity contribution in [3.8, 4) is 215 Å². The summed E-state index contributed by atoms with van der Waals surface area (Å²) in [6.45, 7) is 6.85. The van der Waals surface area contributed by atoms with Crippen LogP contribution < -0.4 is 16.1 Å². The van der Waals surface area contributed by atoms with Crippen LogP contribution in [0.5, 0.6) is 0 Å². The third-order valence-electron chi connectivity index (χ3n) is 5.55. The van der Waals surface area contributed by atoms with E-state index in [4.69, 9.17) is 32.4 Å². The van der Waals surface area contributed by atoms with Gasteiger partial charge in [-0.15, -0.1) is 12.8 Å². The van der Waals surface area contributed by atoms with E-state index in [-0.39, 0.29) is 38.1 Å². The third-order valence-corrected chi connectivity index (χ3v) is 5.55. The predicted octanol–water partition coefficient (Wildman–Crippen LogP) is -0.655. The quantitative estimate of drug-likeness (QED) is 0.0983. The second-order valence-electron chi connectivity index (χ2n) is 10.4. The van der Waals surface area contributed by atoms with Crippen LogP contribution in [0.25, 0.3) is 0 Å². The molecule has 0 fully saturated rings. The topological polar surface area (TPSA) is 110 Å². The van der Waals surface area contributed by atoms with Crippen LogP contribution in [-0.4, -0.2) is 61.3 Å². The molecule has 0 radical (unpaired) electrons. The lowest BCUT2D eigenvalue weighted by Gasteiger charge is -2.39. The van der Waals surface area contributed by atoms with Gasteiger partial charge < -0.3 is 10.6 Å². The van der Waals surface area contributed by atoms with Crippen molar-refractivity contribution in [3.05, 3.63) is 0 Å². The average Bonchev–Trinajstić information content (AvgIpc) is 3.21. The van der Waals surface area contributed by atoms with Crippen LogP contribution in [-0.2, 0) is 29.1 Å². The van der Waals surface area contributed by atoms with Gasteiger partial charge in [-0.2, -0.15) is 9.78 Å². The maximum atomic E-state index is 12.9. The molecule has 280 valence electrons. The minimum atomic E-state index is -1.11. The second-order valence-corrected chi connectivity index (χ2v) is 10.4. The van der Waals surface area contributed by atoms with E-state index in [1.165, 1.54) is 5.01 Å². The first kappa shape index (κ1) is 49.5. The number of rotatable bonds is 13. The summed E-state index contributed by atoms with van der Waals surface area (Å²) in [5, 5.41) is 6.95. The van der Waals surface area contributed by atoms with Gasteiger partial charge in [0.05, 0.1) is 0 Å². The maximum absolute atomic E-state index is 12.9. The minimum Gasteiger partial charge on any atom is -0.352 e. The number of hydrogen-bond donors (Lipinski definition) is 3. The first-order chi connectivity index (χ1) is 28.6. The molecule has 3 N–H and O–H groups in total. The van der Waals surface area contributed by atoms with Crippen molar-refractivity contribution in [3.63, 3.8) is 0 Å². The van der Waals surface area contributed by atoms with E-state index in [2.05, 4.69) is 218 Å². The Kier molecular flexibility index (Phi) is 28.7. The zero-order valence-corrected chi connectivity index (χ0v) is 32.4. The average molecular weight is 769 g/mol. The fourth-order valence-electron chi connectivity index (χ4n) is 2.73. The van der Waals surface area contributed by atoms with Gasteiger partial charge in [0.25, 0.3) is 0 Å². The number of hydrogen-bond acceptors (Lipinski definition) is 8. The Labute approximate surface area is 347 Å². The number of nitrogens with one attached hydrogen (secondary N) is 3. The number of carbonyl (C=O) groups is 2. The van der Waals surface area contributed by atoms with Gasteiger partial charge in [-0.05, 0) is 122 Å². The van der Waals surface area contributed by atoms with Crippen LogP contribution in [0.4, 0.5) is 0 Å². The summed E-state index contributed by atoms with van der Waals surface area (Å²) in [7, 11) is 1.63. The molecule has 0 unspecified atom stereocenters. The Balaban J connectivity index is 4.47. The molecular weight excluding hydrogens is 741 g/mol. The van der Waals surface area contributed by atoms with Crippen molar-refractivity contribution in [1.29, 1.82) is 0 Å². The molecule has 0 aliphatic heterocycles. The molecule has 0 heterocycles. The predicted molar refractivity (Wildman–Crippen MR) is 221 cm³/mol. The highest BCUT2D eigenvalue weighted by atomic mass is 17.2. The molecule has 0 aliphatic carbocycles. The van der Waals surface area contributed by atoms with Crippen LogP contribution in [0, 0.1) is 215 Å². The van der Waals surface area contributed by atoms with Gasteiger partial charge >= 0.3 is 0 Å². The molecule has 0 saturated heterocycles. The van der Waals surface area contributed by atoms with Crippen molar-refractivity contribution < 1.29 is 29.1 Å². The highest BCUT2D eigenvalue weighted by Gasteiger charge is 2.37. The van der Waals surface area contributed by atoms with Gasteiger partial charge in [0.15, 0.2) is 12.2 Å². The van der Waals surface area contributed by atoms with Crippen molar-refractivity contribution in [2.75, 3.05) is 33.4 Å². The molecule has 0 aromatic rings. The first-order valence-corrected chi connectivity index (χ1v) is 16.2. The van der Waals surface area contributed by atoms with E-state index >= 15 is 0 Å². The lowest BCUT2D eigenvalue weighted by atomic mass is 10.0. The van der Waals surface area contributed by atoms with E-state index in [0.29, 0.717) is 0 Å². The van der Waals surface area contributed by atoms with Crippen LogP contribution >= 0.6 is 0 Å². The summed E-state index contributed by atoms with van der Waals surface area (Å²) >= 11 is 0. The summed E-state index contributed by atoms with van der Waals surface area (Å²) < 4.78 is 0. The van der Waals surface area contributed by atoms with E-state index in [0.717, 1.165) is 0 Å². The molecule has 0 aliphatic rings. The molecule has 0 aromatic heterocycles. The van der Waals surface area contributed by atoms with Gasteiger partial charge in [0.2, 0.25) is 11.8 Å². The molecule has 0 atom stereocenters. The van der Waals surface area contributed by atoms with E-state index < -0.39 is 11.1 Å². The molecular formula is C49H28N4O6. The maximum Gasteiger partial charge on any atom is 0.241 e. The summed E-state index contributed by atoms with van der Waals surface area (Å²) in [6, 6.07) is 0. The largest absolute Gasteiger partial charge is 0.352 e. The number of nitrogens with zero attached hydrogens (tertiary/aromatic N) is 1. The lowest BCUT2D eigenvalue weighted by Crippen LogP contribution is -2.66. The van der Waals surface area contributed by atoms with Crippen molar-refractivity contribution in [1.82, 2.24) is 21.1 Å². The van der Waals surface area contributed by atoms with Gasteiger partial charge in [0.1, 0.15) is 24.3 Å². The van der Waals surface area contributed by atoms with Crippen LogP contribution in [0.1, 0.15) is 27.7 Å². The Hall–Kier alpha value is -9.54. The molecule has 0 spiro atoms. The fourth-order valence-corrected chi connectivity index (χ4v) is 2.73. The molecule has 0 bridgehead atoms. The monoisotopic (exact) mass is 768 g/mol. The summed E-state index contributed by atoms with van der Waals surface area (Å²) in [5.74, 6) is 76.8. The van der Waals surface area contributed by atoms with E-state index in [1.54, 1.807) is 34.7 Å². The van der Waals surface area contributed by atoms with Gasteiger partial charge in [-0.3, -0.25) is 19.4 Å².